The molecule has 0 aromatic heterocycles. The fraction of sp³-hybridized carbons (Fsp3) is 0.400. The molecule has 0 spiro atoms. The highest BCUT2D eigenvalue weighted by atomic mass is 35.5. The molecule has 0 heterocycles. The highest BCUT2D eigenvalue weighted by Crippen LogP contribution is 2.09. The van der Waals surface area contributed by atoms with Gasteiger partial charge >= 0.3 is 0 Å². The van der Waals surface area contributed by atoms with Gasteiger partial charge in [0.25, 0.3) is 0 Å². The van der Waals surface area contributed by atoms with Gasteiger partial charge in [0.1, 0.15) is 0 Å². The fourth-order valence-electron chi connectivity index (χ4n) is 1.05. The molecule has 1 aromatic rings. The quantitative estimate of drug-likeness (QED) is 0.708. The van der Waals surface area contributed by atoms with Crippen LogP contribution in [0.25, 0.3) is 0 Å². The van der Waals surface area contributed by atoms with Crippen LogP contribution < -0.4 is 5.32 Å². The second-order valence-corrected chi connectivity index (χ2v) is 3.04. The summed E-state index contributed by atoms with van der Waals surface area (Å²) in [6, 6.07) is 8.45. The van der Waals surface area contributed by atoms with Crippen LogP contribution in [-0.2, 0) is 6.42 Å². The van der Waals surface area contributed by atoms with Gasteiger partial charge in [-0.15, -0.1) is 11.6 Å². The van der Waals surface area contributed by atoms with Gasteiger partial charge < -0.3 is 5.32 Å². The first-order valence-corrected chi connectivity index (χ1v) is 4.79. The standard InChI is InChI=1S/C10H14ClN/c1-2-9-3-5-10(6-4-9)12-8-7-11/h3-6,12H,2,7-8H2,1H3. The second kappa shape index (κ2) is 5.04. The Balaban J connectivity index is 2.53. The number of hydrogen-bond acceptors (Lipinski definition) is 1. The minimum Gasteiger partial charge on any atom is -0.384 e. The molecule has 1 rings (SSSR count). The van der Waals surface area contributed by atoms with Crippen LogP contribution in [0.4, 0.5) is 5.69 Å². The normalized spacial score (nSPS) is 9.83. The minimum absolute atomic E-state index is 0.648. The summed E-state index contributed by atoms with van der Waals surface area (Å²) >= 11 is 5.55. The van der Waals surface area contributed by atoms with Crippen LogP contribution in [0.5, 0.6) is 0 Å². The maximum Gasteiger partial charge on any atom is 0.0396 e. The van der Waals surface area contributed by atoms with E-state index >= 15 is 0 Å². The third-order valence-corrected chi connectivity index (χ3v) is 1.97. The van der Waals surface area contributed by atoms with E-state index in [4.69, 9.17) is 11.6 Å². The molecule has 0 aliphatic rings. The summed E-state index contributed by atoms with van der Waals surface area (Å²) in [5.74, 6) is 0.648. The maximum atomic E-state index is 5.55. The molecule has 66 valence electrons. The van der Waals surface area contributed by atoms with E-state index in [1.54, 1.807) is 0 Å². The molecule has 12 heavy (non-hydrogen) atoms. The SMILES string of the molecule is CCc1ccc(NCCCl)cc1. The Morgan fingerprint density at radius 3 is 2.42 bits per heavy atom. The van der Waals surface area contributed by atoms with Crippen molar-refractivity contribution in [2.24, 2.45) is 0 Å². The molecule has 0 saturated carbocycles. The predicted molar refractivity (Wildman–Crippen MR) is 55.0 cm³/mol. The van der Waals surface area contributed by atoms with Crippen molar-refractivity contribution in [3.63, 3.8) is 0 Å². The molecule has 2 heteroatoms. The lowest BCUT2D eigenvalue weighted by molar-refractivity contribution is 1.14. The number of rotatable bonds is 4. The minimum atomic E-state index is 0.648. The van der Waals surface area contributed by atoms with Crippen LogP contribution in [0.15, 0.2) is 24.3 Å². The molecule has 1 N–H and O–H groups in total. The van der Waals surface area contributed by atoms with Gasteiger partial charge in [-0.05, 0) is 24.1 Å². The van der Waals surface area contributed by atoms with Crippen molar-refractivity contribution in [2.75, 3.05) is 17.7 Å². The lowest BCUT2D eigenvalue weighted by Crippen LogP contribution is -2.01. The molecule has 0 atom stereocenters. The topological polar surface area (TPSA) is 12.0 Å². The molecule has 1 aromatic carbocycles. The monoisotopic (exact) mass is 183 g/mol. The van der Waals surface area contributed by atoms with Crippen LogP contribution in [0.2, 0.25) is 0 Å². The van der Waals surface area contributed by atoms with E-state index in [9.17, 15) is 0 Å². The Hall–Kier alpha value is -0.690. The van der Waals surface area contributed by atoms with Gasteiger partial charge in [-0.2, -0.15) is 0 Å². The molecule has 1 nitrogen and oxygen atoms in total. The van der Waals surface area contributed by atoms with Crippen LogP contribution in [-0.4, -0.2) is 12.4 Å². The average Bonchev–Trinajstić information content (AvgIpc) is 2.15. The molecular formula is C10H14ClN. The van der Waals surface area contributed by atoms with E-state index in [2.05, 4.69) is 36.5 Å². The van der Waals surface area contributed by atoms with Gasteiger partial charge in [0.15, 0.2) is 0 Å². The zero-order valence-corrected chi connectivity index (χ0v) is 8.06. The highest BCUT2D eigenvalue weighted by molar-refractivity contribution is 6.18. The van der Waals surface area contributed by atoms with Gasteiger partial charge in [-0.3, -0.25) is 0 Å². The zero-order chi connectivity index (χ0) is 8.81. The fourth-order valence-corrected chi connectivity index (χ4v) is 1.14. The van der Waals surface area contributed by atoms with Crippen molar-refractivity contribution >= 4 is 17.3 Å². The Bertz CT molecular complexity index is 218. The van der Waals surface area contributed by atoms with Gasteiger partial charge in [-0.1, -0.05) is 19.1 Å². The highest BCUT2D eigenvalue weighted by Gasteiger charge is 1.90. The Morgan fingerprint density at radius 1 is 1.25 bits per heavy atom. The van der Waals surface area contributed by atoms with Crippen molar-refractivity contribution in [1.82, 2.24) is 0 Å². The summed E-state index contributed by atoms with van der Waals surface area (Å²) in [6.07, 6.45) is 1.09. The molecule has 0 amide bonds. The smallest absolute Gasteiger partial charge is 0.0396 e. The molecule has 0 fully saturated rings. The number of halogens is 1. The maximum absolute atomic E-state index is 5.55. The molecule has 0 saturated heterocycles. The van der Waals surface area contributed by atoms with Crippen LogP contribution >= 0.6 is 11.6 Å². The molecule has 0 unspecified atom stereocenters. The summed E-state index contributed by atoms with van der Waals surface area (Å²) < 4.78 is 0. The summed E-state index contributed by atoms with van der Waals surface area (Å²) in [6.45, 7) is 2.98. The number of alkyl halides is 1. The third kappa shape index (κ3) is 2.74. The van der Waals surface area contributed by atoms with Crippen molar-refractivity contribution in [1.29, 1.82) is 0 Å². The summed E-state index contributed by atoms with van der Waals surface area (Å²) in [5.41, 5.74) is 2.51. The third-order valence-electron chi connectivity index (χ3n) is 1.79. The van der Waals surface area contributed by atoms with Crippen LogP contribution in [0, 0.1) is 0 Å². The molecule has 0 aliphatic heterocycles. The van der Waals surface area contributed by atoms with Gasteiger partial charge in [0.05, 0.1) is 0 Å². The number of aryl methyl sites for hydroxylation is 1. The molecular weight excluding hydrogens is 170 g/mol. The number of anilines is 1. The van der Waals surface area contributed by atoms with Crippen molar-refractivity contribution in [2.45, 2.75) is 13.3 Å². The lowest BCUT2D eigenvalue weighted by Gasteiger charge is -2.04. The van der Waals surface area contributed by atoms with Gasteiger partial charge in [-0.25, -0.2) is 0 Å². The number of hydrogen-bond donors (Lipinski definition) is 1. The van der Waals surface area contributed by atoms with Gasteiger partial charge in [0, 0.05) is 18.1 Å². The van der Waals surface area contributed by atoms with E-state index in [1.165, 1.54) is 5.56 Å². The van der Waals surface area contributed by atoms with E-state index in [1.807, 2.05) is 0 Å². The van der Waals surface area contributed by atoms with E-state index in [0.717, 1.165) is 18.7 Å². The number of nitrogens with one attached hydrogen (secondary N) is 1. The summed E-state index contributed by atoms with van der Waals surface area (Å²) in [4.78, 5) is 0. The summed E-state index contributed by atoms with van der Waals surface area (Å²) in [7, 11) is 0. The predicted octanol–water partition coefficient (Wildman–Crippen LogP) is 2.90. The Morgan fingerprint density at radius 2 is 1.92 bits per heavy atom. The first kappa shape index (κ1) is 9.40. The Kier molecular flexibility index (Phi) is 3.95. The van der Waals surface area contributed by atoms with Crippen molar-refractivity contribution in [3.05, 3.63) is 29.8 Å². The second-order valence-electron chi connectivity index (χ2n) is 2.67. The summed E-state index contributed by atoms with van der Waals surface area (Å²) in [5, 5.41) is 3.21. The molecule has 0 radical (unpaired) electrons. The zero-order valence-electron chi connectivity index (χ0n) is 7.31. The van der Waals surface area contributed by atoms with Crippen LogP contribution in [0.1, 0.15) is 12.5 Å². The number of benzene rings is 1. The van der Waals surface area contributed by atoms with E-state index in [-0.39, 0.29) is 0 Å². The van der Waals surface area contributed by atoms with Crippen molar-refractivity contribution in [3.8, 4) is 0 Å². The largest absolute Gasteiger partial charge is 0.384 e. The van der Waals surface area contributed by atoms with E-state index in [0.29, 0.717) is 5.88 Å². The lowest BCUT2D eigenvalue weighted by atomic mass is 10.1. The first-order chi connectivity index (χ1) is 5.86. The van der Waals surface area contributed by atoms with Gasteiger partial charge in [0.2, 0.25) is 0 Å². The van der Waals surface area contributed by atoms with E-state index < -0.39 is 0 Å². The Labute approximate surface area is 78.7 Å². The van der Waals surface area contributed by atoms with Crippen LogP contribution in [0.3, 0.4) is 0 Å². The first-order valence-electron chi connectivity index (χ1n) is 4.25. The molecule has 0 aliphatic carbocycles. The van der Waals surface area contributed by atoms with Crippen molar-refractivity contribution < 1.29 is 0 Å². The molecule has 0 bridgehead atoms. The average molecular weight is 184 g/mol.